The molecule has 4 aromatic rings. The van der Waals surface area contributed by atoms with Gasteiger partial charge in [-0.15, -0.1) is 0 Å². The van der Waals surface area contributed by atoms with Gasteiger partial charge in [-0.3, -0.25) is 4.90 Å². The molecular weight excluding hydrogens is 449 g/mol. The maximum absolute atomic E-state index is 13.9. The number of furan rings is 1. The Balaban J connectivity index is 1.69. The maximum Gasteiger partial charge on any atom is 0.227 e. The summed E-state index contributed by atoms with van der Waals surface area (Å²) in [6, 6.07) is 19.4. The van der Waals surface area contributed by atoms with Gasteiger partial charge in [-0.1, -0.05) is 24.3 Å². The number of benzene rings is 2. The summed E-state index contributed by atoms with van der Waals surface area (Å²) in [6.07, 6.45) is 0.948. The van der Waals surface area contributed by atoms with Gasteiger partial charge in [-0.05, 0) is 50.2 Å². The minimum atomic E-state index is -0.679. The zero-order valence-electron chi connectivity index (χ0n) is 19.9. The van der Waals surface area contributed by atoms with Gasteiger partial charge in [0.05, 0.1) is 42.5 Å². The molecular formula is C27H30FN3O4. The summed E-state index contributed by atoms with van der Waals surface area (Å²) >= 11 is 0. The molecule has 8 heteroatoms. The summed E-state index contributed by atoms with van der Waals surface area (Å²) in [5.41, 5.74) is 2.42. The Morgan fingerprint density at radius 1 is 1.09 bits per heavy atom. The van der Waals surface area contributed by atoms with E-state index in [9.17, 15) is 9.50 Å². The number of nitrogens with zero attached hydrogens (tertiary/aromatic N) is 3. The SMILES string of the molecule is CCOC[C@@H](O)CN(Cc1ccco1)Cc1c(C)nn(-c2ccccc2)c1Oc1cccc(F)c1. The first-order chi connectivity index (χ1) is 17.0. The second-order valence-electron chi connectivity index (χ2n) is 8.24. The molecule has 0 aliphatic heterocycles. The predicted molar refractivity (Wildman–Crippen MR) is 130 cm³/mol. The standard InChI is InChI=1S/C27H30FN3O4/c1-3-33-19-23(32)16-30(17-25-13-8-14-34-25)18-26-20(2)29-31(22-10-5-4-6-11-22)27(26)35-24-12-7-9-21(28)15-24/h4-15,23,32H,3,16-19H2,1-2H3/t23-/m0/s1. The number of aromatic nitrogens is 2. The van der Waals surface area contributed by atoms with E-state index >= 15 is 0 Å². The molecule has 4 rings (SSSR count). The topological polar surface area (TPSA) is 72.9 Å². The van der Waals surface area contributed by atoms with E-state index in [1.165, 1.54) is 12.1 Å². The number of aliphatic hydroxyl groups excluding tert-OH is 1. The van der Waals surface area contributed by atoms with Crippen LogP contribution in [0.3, 0.4) is 0 Å². The van der Waals surface area contributed by atoms with E-state index in [0.29, 0.717) is 37.9 Å². The lowest BCUT2D eigenvalue weighted by atomic mass is 10.2. The van der Waals surface area contributed by atoms with Gasteiger partial charge in [0.1, 0.15) is 17.3 Å². The van der Waals surface area contributed by atoms with E-state index < -0.39 is 6.10 Å². The van der Waals surface area contributed by atoms with E-state index in [1.54, 1.807) is 23.1 Å². The molecule has 0 aliphatic carbocycles. The average molecular weight is 480 g/mol. The molecule has 0 spiro atoms. The van der Waals surface area contributed by atoms with Crippen LogP contribution in [0.2, 0.25) is 0 Å². The molecule has 0 radical (unpaired) electrons. The van der Waals surface area contributed by atoms with Crippen molar-refractivity contribution < 1.29 is 23.4 Å². The van der Waals surface area contributed by atoms with Crippen molar-refractivity contribution in [3.8, 4) is 17.3 Å². The quantitative estimate of drug-likeness (QED) is 0.305. The summed E-state index contributed by atoms with van der Waals surface area (Å²) in [5.74, 6) is 1.25. The number of para-hydroxylation sites is 1. The monoisotopic (exact) mass is 479 g/mol. The van der Waals surface area contributed by atoms with E-state index in [1.807, 2.05) is 56.3 Å². The molecule has 1 N–H and O–H groups in total. The Bertz CT molecular complexity index is 1190. The van der Waals surface area contributed by atoms with Crippen LogP contribution in [0, 0.1) is 12.7 Å². The van der Waals surface area contributed by atoms with Crippen LogP contribution in [-0.4, -0.2) is 45.6 Å². The minimum absolute atomic E-state index is 0.236. The first-order valence-corrected chi connectivity index (χ1v) is 11.6. The molecule has 2 aromatic heterocycles. The highest BCUT2D eigenvalue weighted by Crippen LogP contribution is 2.32. The zero-order valence-corrected chi connectivity index (χ0v) is 19.9. The predicted octanol–water partition coefficient (Wildman–Crippen LogP) is 5.10. The second-order valence-corrected chi connectivity index (χ2v) is 8.24. The van der Waals surface area contributed by atoms with Gasteiger partial charge in [0.25, 0.3) is 0 Å². The maximum atomic E-state index is 13.9. The number of aliphatic hydroxyl groups is 1. The van der Waals surface area contributed by atoms with Crippen LogP contribution in [0.5, 0.6) is 11.6 Å². The van der Waals surface area contributed by atoms with Gasteiger partial charge in [0.2, 0.25) is 5.88 Å². The van der Waals surface area contributed by atoms with E-state index in [2.05, 4.69) is 4.90 Å². The number of halogens is 1. The van der Waals surface area contributed by atoms with Crippen LogP contribution in [0.15, 0.2) is 77.4 Å². The van der Waals surface area contributed by atoms with Crippen molar-refractivity contribution in [1.29, 1.82) is 0 Å². The smallest absolute Gasteiger partial charge is 0.227 e. The molecule has 184 valence electrons. The van der Waals surface area contributed by atoms with Gasteiger partial charge in [0, 0.05) is 25.8 Å². The van der Waals surface area contributed by atoms with Crippen molar-refractivity contribution >= 4 is 0 Å². The van der Waals surface area contributed by atoms with E-state index in [-0.39, 0.29) is 12.4 Å². The van der Waals surface area contributed by atoms with Crippen LogP contribution < -0.4 is 4.74 Å². The van der Waals surface area contributed by atoms with Gasteiger partial charge < -0.3 is 19.0 Å². The highest BCUT2D eigenvalue weighted by Gasteiger charge is 2.23. The third-order valence-corrected chi connectivity index (χ3v) is 5.47. The van der Waals surface area contributed by atoms with Crippen molar-refractivity contribution in [3.63, 3.8) is 0 Å². The fraction of sp³-hybridized carbons (Fsp3) is 0.296. The van der Waals surface area contributed by atoms with E-state index in [4.69, 9.17) is 19.0 Å². The number of ether oxygens (including phenoxy) is 2. The Kier molecular flexibility index (Phi) is 8.31. The van der Waals surface area contributed by atoms with Crippen molar-refractivity contribution in [2.75, 3.05) is 19.8 Å². The number of rotatable bonds is 12. The van der Waals surface area contributed by atoms with Crippen LogP contribution in [0.25, 0.3) is 5.69 Å². The fourth-order valence-corrected chi connectivity index (χ4v) is 3.85. The summed E-state index contributed by atoms with van der Waals surface area (Å²) in [4.78, 5) is 2.06. The normalized spacial score (nSPS) is 12.3. The molecule has 0 fully saturated rings. The van der Waals surface area contributed by atoms with Crippen molar-refractivity contribution in [1.82, 2.24) is 14.7 Å². The molecule has 0 saturated carbocycles. The Morgan fingerprint density at radius 3 is 2.63 bits per heavy atom. The van der Waals surface area contributed by atoms with Crippen molar-refractivity contribution in [2.45, 2.75) is 33.0 Å². The largest absolute Gasteiger partial charge is 0.468 e. The zero-order chi connectivity index (χ0) is 24.6. The highest BCUT2D eigenvalue weighted by atomic mass is 19.1. The lowest BCUT2D eigenvalue weighted by molar-refractivity contribution is 0.0166. The molecule has 0 saturated heterocycles. The van der Waals surface area contributed by atoms with Crippen LogP contribution in [0.1, 0.15) is 23.9 Å². The number of hydrogen-bond donors (Lipinski definition) is 1. The Morgan fingerprint density at radius 2 is 1.91 bits per heavy atom. The van der Waals surface area contributed by atoms with Crippen LogP contribution in [-0.2, 0) is 17.8 Å². The third-order valence-electron chi connectivity index (χ3n) is 5.47. The second kappa shape index (κ2) is 11.8. The molecule has 2 aromatic carbocycles. The Labute approximate surface area is 204 Å². The Hall–Kier alpha value is -3.46. The number of hydrogen-bond acceptors (Lipinski definition) is 6. The molecule has 0 aliphatic rings. The molecule has 35 heavy (non-hydrogen) atoms. The summed E-state index contributed by atoms with van der Waals surface area (Å²) in [6.45, 7) is 5.83. The van der Waals surface area contributed by atoms with Crippen LogP contribution >= 0.6 is 0 Å². The molecule has 0 bridgehead atoms. The average Bonchev–Trinajstić information content (AvgIpc) is 3.47. The fourth-order valence-electron chi connectivity index (χ4n) is 3.85. The molecule has 7 nitrogen and oxygen atoms in total. The highest BCUT2D eigenvalue weighted by molar-refractivity contribution is 5.43. The number of aryl methyl sites for hydroxylation is 1. The third kappa shape index (κ3) is 6.57. The molecule has 0 amide bonds. The summed E-state index contributed by atoms with van der Waals surface area (Å²) in [7, 11) is 0. The van der Waals surface area contributed by atoms with Crippen molar-refractivity contribution in [3.05, 3.63) is 95.8 Å². The van der Waals surface area contributed by atoms with Crippen LogP contribution in [0.4, 0.5) is 4.39 Å². The summed E-state index contributed by atoms with van der Waals surface area (Å²) < 4.78 is 32.8. The molecule has 2 heterocycles. The lowest BCUT2D eigenvalue weighted by Crippen LogP contribution is -2.34. The van der Waals surface area contributed by atoms with Gasteiger partial charge >= 0.3 is 0 Å². The molecule has 0 unspecified atom stereocenters. The van der Waals surface area contributed by atoms with E-state index in [0.717, 1.165) is 22.7 Å². The van der Waals surface area contributed by atoms with Gasteiger partial charge in [-0.25, -0.2) is 9.07 Å². The molecule has 1 atom stereocenters. The lowest BCUT2D eigenvalue weighted by Gasteiger charge is -2.24. The minimum Gasteiger partial charge on any atom is -0.468 e. The first-order valence-electron chi connectivity index (χ1n) is 11.6. The van der Waals surface area contributed by atoms with Crippen molar-refractivity contribution in [2.24, 2.45) is 0 Å². The first kappa shape index (κ1) is 24.7. The van der Waals surface area contributed by atoms with Gasteiger partial charge in [0.15, 0.2) is 0 Å². The summed E-state index contributed by atoms with van der Waals surface area (Å²) in [5, 5.41) is 15.3. The van der Waals surface area contributed by atoms with Gasteiger partial charge in [-0.2, -0.15) is 5.10 Å².